The molecule has 0 aliphatic carbocycles. The molecule has 1 heterocycles. The van der Waals surface area contributed by atoms with Crippen LogP contribution in [0.15, 0.2) is 35.8 Å². The monoisotopic (exact) mass is 265 g/mol. The maximum absolute atomic E-state index is 13.5. The van der Waals surface area contributed by atoms with Crippen LogP contribution in [0.25, 0.3) is 0 Å². The van der Waals surface area contributed by atoms with E-state index in [4.69, 9.17) is 0 Å². The fourth-order valence-corrected chi connectivity index (χ4v) is 2.04. The van der Waals surface area contributed by atoms with E-state index < -0.39 is 12.1 Å². The minimum absolute atomic E-state index is 0.334. The SMILES string of the molecule is CC(NC(=O)Nc1nccs1)c1ccccc1F. The zero-order valence-corrected chi connectivity index (χ0v) is 10.5. The predicted molar refractivity (Wildman–Crippen MR) is 69.1 cm³/mol. The molecular weight excluding hydrogens is 253 g/mol. The summed E-state index contributed by atoms with van der Waals surface area (Å²) in [6, 6.07) is 5.54. The number of thiazole rings is 1. The van der Waals surface area contributed by atoms with Crippen LogP contribution < -0.4 is 10.6 Å². The van der Waals surface area contributed by atoms with Gasteiger partial charge in [0, 0.05) is 17.1 Å². The van der Waals surface area contributed by atoms with Crippen LogP contribution >= 0.6 is 11.3 Å². The summed E-state index contributed by atoms with van der Waals surface area (Å²) >= 11 is 1.32. The Morgan fingerprint density at radius 3 is 2.89 bits per heavy atom. The highest BCUT2D eigenvalue weighted by Crippen LogP contribution is 2.16. The number of aromatic nitrogens is 1. The van der Waals surface area contributed by atoms with Crippen molar-refractivity contribution in [3.63, 3.8) is 0 Å². The van der Waals surface area contributed by atoms with Gasteiger partial charge < -0.3 is 5.32 Å². The van der Waals surface area contributed by atoms with Crippen molar-refractivity contribution in [3.8, 4) is 0 Å². The van der Waals surface area contributed by atoms with Crippen molar-refractivity contribution < 1.29 is 9.18 Å². The Morgan fingerprint density at radius 2 is 2.22 bits per heavy atom. The molecule has 6 heteroatoms. The number of nitrogens with one attached hydrogen (secondary N) is 2. The van der Waals surface area contributed by atoms with Crippen molar-refractivity contribution in [1.29, 1.82) is 0 Å². The molecule has 0 bridgehead atoms. The number of carbonyl (C=O) groups is 1. The number of rotatable bonds is 3. The third kappa shape index (κ3) is 3.04. The van der Waals surface area contributed by atoms with E-state index in [2.05, 4.69) is 15.6 Å². The molecule has 2 aromatic rings. The second-order valence-electron chi connectivity index (χ2n) is 3.68. The average Bonchev–Trinajstić information content (AvgIpc) is 2.82. The van der Waals surface area contributed by atoms with Crippen LogP contribution in [0.1, 0.15) is 18.5 Å². The second kappa shape index (κ2) is 5.59. The van der Waals surface area contributed by atoms with E-state index in [1.807, 2.05) is 0 Å². The van der Waals surface area contributed by atoms with E-state index in [1.165, 1.54) is 17.4 Å². The van der Waals surface area contributed by atoms with Gasteiger partial charge in [0.1, 0.15) is 5.82 Å². The maximum Gasteiger partial charge on any atom is 0.321 e. The molecule has 1 unspecified atom stereocenters. The molecule has 0 radical (unpaired) electrons. The summed E-state index contributed by atoms with van der Waals surface area (Å²) in [6.45, 7) is 1.72. The molecule has 0 aliphatic heterocycles. The summed E-state index contributed by atoms with van der Waals surface area (Å²) < 4.78 is 13.5. The molecular formula is C12H12FN3OS. The molecule has 2 rings (SSSR count). The van der Waals surface area contributed by atoms with E-state index in [-0.39, 0.29) is 5.82 Å². The molecule has 0 fully saturated rings. The summed E-state index contributed by atoms with van der Waals surface area (Å²) in [7, 11) is 0. The molecule has 0 aliphatic rings. The average molecular weight is 265 g/mol. The largest absolute Gasteiger partial charge is 0.331 e. The standard InChI is InChI=1S/C12H12FN3OS/c1-8(9-4-2-3-5-10(9)13)15-11(17)16-12-14-6-7-18-12/h2-8H,1H3,(H2,14,15,16,17). The number of halogens is 1. The molecule has 2 N–H and O–H groups in total. The van der Waals surface area contributed by atoms with Gasteiger partial charge in [0.15, 0.2) is 5.13 Å². The van der Waals surface area contributed by atoms with Crippen LogP contribution in [0.4, 0.5) is 14.3 Å². The number of amides is 2. The third-order valence-corrected chi connectivity index (χ3v) is 3.06. The number of hydrogen-bond acceptors (Lipinski definition) is 3. The minimum Gasteiger partial charge on any atom is -0.331 e. The molecule has 1 aromatic carbocycles. The van der Waals surface area contributed by atoms with Gasteiger partial charge in [-0.05, 0) is 13.0 Å². The molecule has 1 atom stereocenters. The Balaban J connectivity index is 1.97. The lowest BCUT2D eigenvalue weighted by atomic mass is 10.1. The lowest BCUT2D eigenvalue weighted by Crippen LogP contribution is -2.31. The predicted octanol–water partition coefficient (Wildman–Crippen LogP) is 3.16. The summed E-state index contributed by atoms with van der Waals surface area (Å²) in [6.07, 6.45) is 1.60. The zero-order chi connectivity index (χ0) is 13.0. The molecule has 4 nitrogen and oxygen atoms in total. The van der Waals surface area contributed by atoms with Gasteiger partial charge in [0.25, 0.3) is 0 Å². The number of nitrogens with zero attached hydrogens (tertiary/aromatic N) is 1. The zero-order valence-electron chi connectivity index (χ0n) is 9.68. The van der Waals surface area contributed by atoms with Gasteiger partial charge in [-0.2, -0.15) is 0 Å². The quantitative estimate of drug-likeness (QED) is 0.895. The Kier molecular flexibility index (Phi) is 3.88. The Morgan fingerprint density at radius 1 is 1.44 bits per heavy atom. The number of carbonyl (C=O) groups excluding carboxylic acids is 1. The van der Waals surface area contributed by atoms with Gasteiger partial charge in [-0.3, -0.25) is 5.32 Å². The Hall–Kier alpha value is -1.95. The van der Waals surface area contributed by atoms with Crippen LogP contribution in [0.2, 0.25) is 0 Å². The van der Waals surface area contributed by atoms with E-state index in [9.17, 15) is 9.18 Å². The van der Waals surface area contributed by atoms with Gasteiger partial charge in [0.05, 0.1) is 6.04 Å². The fraction of sp³-hybridized carbons (Fsp3) is 0.167. The van der Waals surface area contributed by atoms with Gasteiger partial charge in [-0.15, -0.1) is 11.3 Å². The lowest BCUT2D eigenvalue weighted by Gasteiger charge is -2.14. The van der Waals surface area contributed by atoms with Crippen molar-refractivity contribution in [1.82, 2.24) is 10.3 Å². The second-order valence-corrected chi connectivity index (χ2v) is 4.57. The molecule has 0 spiro atoms. The highest BCUT2D eigenvalue weighted by atomic mass is 32.1. The molecule has 0 saturated carbocycles. The first-order chi connectivity index (χ1) is 8.66. The van der Waals surface area contributed by atoms with Crippen LogP contribution in [-0.4, -0.2) is 11.0 Å². The number of benzene rings is 1. The Bertz CT molecular complexity index is 530. The first-order valence-corrected chi connectivity index (χ1v) is 6.26. The normalized spacial score (nSPS) is 11.9. The third-order valence-electron chi connectivity index (χ3n) is 2.37. The highest BCUT2D eigenvalue weighted by molar-refractivity contribution is 7.13. The summed E-state index contributed by atoms with van der Waals surface area (Å²) in [5.41, 5.74) is 0.451. The summed E-state index contributed by atoms with van der Waals surface area (Å²) in [4.78, 5) is 15.6. The highest BCUT2D eigenvalue weighted by Gasteiger charge is 2.13. The molecule has 2 amide bonds. The van der Waals surface area contributed by atoms with Crippen molar-refractivity contribution in [2.24, 2.45) is 0 Å². The van der Waals surface area contributed by atoms with E-state index in [0.29, 0.717) is 10.7 Å². The van der Waals surface area contributed by atoms with Crippen LogP contribution in [0.5, 0.6) is 0 Å². The maximum atomic E-state index is 13.5. The van der Waals surface area contributed by atoms with Crippen molar-refractivity contribution in [2.45, 2.75) is 13.0 Å². The van der Waals surface area contributed by atoms with Crippen LogP contribution in [0.3, 0.4) is 0 Å². The van der Waals surface area contributed by atoms with Gasteiger partial charge in [-0.1, -0.05) is 18.2 Å². The first kappa shape index (κ1) is 12.5. The van der Waals surface area contributed by atoms with Crippen molar-refractivity contribution in [2.75, 3.05) is 5.32 Å². The summed E-state index contributed by atoms with van der Waals surface area (Å²) in [5.74, 6) is -0.334. The summed E-state index contributed by atoms with van der Waals surface area (Å²) in [5, 5.41) is 7.50. The number of anilines is 1. The smallest absolute Gasteiger partial charge is 0.321 e. The first-order valence-electron chi connectivity index (χ1n) is 5.38. The Labute approximate surface area is 108 Å². The fourth-order valence-electron chi connectivity index (χ4n) is 1.52. The van der Waals surface area contributed by atoms with E-state index in [0.717, 1.165) is 0 Å². The van der Waals surface area contributed by atoms with Gasteiger partial charge in [-0.25, -0.2) is 14.2 Å². The lowest BCUT2D eigenvalue weighted by molar-refractivity contribution is 0.249. The van der Waals surface area contributed by atoms with E-state index >= 15 is 0 Å². The van der Waals surface area contributed by atoms with Crippen LogP contribution in [-0.2, 0) is 0 Å². The van der Waals surface area contributed by atoms with Crippen LogP contribution in [0, 0.1) is 5.82 Å². The van der Waals surface area contributed by atoms with Gasteiger partial charge in [0.2, 0.25) is 0 Å². The van der Waals surface area contributed by atoms with Crippen molar-refractivity contribution in [3.05, 3.63) is 47.2 Å². The van der Waals surface area contributed by atoms with Gasteiger partial charge >= 0.3 is 6.03 Å². The van der Waals surface area contributed by atoms with E-state index in [1.54, 1.807) is 36.7 Å². The molecule has 18 heavy (non-hydrogen) atoms. The molecule has 0 saturated heterocycles. The molecule has 94 valence electrons. The number of urea groups is 1. The topological polar surface area (TPSA) is 54.0 Å². The minimum atomic E-state index is -0.411. The number of hydrogen-bond donors (Lipinski definition) is 2. The molecule has 1 aromatic heterocycles. The van der Waals surface area contributed by atoms with Crippen molar-refractivity contribution >= 4 is 22.5 Å².